The molecule has 0 N–H and O–H groups in total. The molecule has 0 bridgehead atoms. The van der Waals surface area contributed by atoms with Crippen LogP contribution in [0.2, 0.25) is 5.02 Å². The van der Waals surface area contributed by atoms with Gasteiger partial charge in [-0.05, 0) is 49.3 Å². The Kier molecular flexibility index (Phi) is 7.52. The van der Waals surface area contributed by atoms with Gasteiger partial charge in [-0.15, -0.1) is 12.4 Å². The quantitative estimate of drug-likeness (QED) is 0.736. The Morgan fingerprint density at radius 3 is 2.29 bits per heavy atom. The lowest BCUT2D eigenvalue weighted by Crippen LogP contribution is -2.12. The van der Waals surface area contributed by atoms with Gasteiger partial charge >= 0.3 is 0 Å². The molecule has 0 unspecified atom stereocenters. The monoisotopic (exact) mass is 321 g/mol. The zero-order chi connectivity index (χ0) is 14.4. The predicted molar refractivity (Wildman–Crippen MR) is 95.4 cm³/mol. The molecule has 0 heterocycles. The lowest BCUT2D eigenvalue weighted by molar-refractivity contribution is 0.417. The molecule has 2 aromatic carbocycles. The van der Waals surface area contributed by atoms with E-state index in [0.29, 0.717) is 0 Å². The Bertz CT molecular complexity index is 577. The Morgan fingerprint density at radius 2 is 1.67 bits per heavy atom. The van der Waals surface area contributed by atoms with E-state index >= 15 is 0 Å². The first-order chi connectivity index (χ1) is 9.66. The molecule has 1 nitrogen and oxygen atoms in total. The Labute approximate surface area is 138 Å². The highest BCUT2D eigenvalue weighted by molar-refractivity contribution is 6.30. The minimum Gasteiger partial charge on any atom is -0.309 e. The minimum absolute atomic E-state index is 0. The largest absolute Gasteiger partial charge is 0.309 e. The molecule has 0 amide bonds. The van der Waals surface area contributed by atoms with Crippen LogP contribution in [0.3, 0.4) is 0 Å². The highest BCUT2D eigenvalue weighted by Gasteiger charge is 2.05. The van der Waals surface area contributed by atoms with Crippen molar-refractivity contribution >= 4 is 29.6 Å². The molecule has 0 aromatic heterocycles. The van der Waals surface area contributed by atoms with Crippen molar-refractivity contribution in [1.82, 2.24) is 4.90 Å². The summed E-state index contributed by atoms with van der Waals surface area (Å²) in [4.78, 5) is 2.19. The summed E-state index contributed by atoms with van der Waals surface area (Å²) in [5, 5.41) is 0.775. The summed E-state index contributed by atoms with van der Waals surface area (Å²) in [7, 11) is 4.19. The van der Waals surface area contributed by atoms with Crippen molar-refractivity contribution in [2.75, 3.05) is 20.6 Å². The minimum atomic E-state index is 0. The van der Waals surface area contributed by atoms with E-state index in [0.717, 1.165) is 18.0 Å². The van der Waals surface area contributed by atoms with Crippen molar-refractivity contribution in [1.29, 1.82) is 0 Å². The lowest BCUT2D eigenvalue weighted by Gasteiger charge is -2.11. The smallest absolute Gasteiger partial charge is 0.0412 e. The summed E-state index contributed by atoms with van der Waals surface area (Å²) in [5.41, 5.74) is 3.64. The molecule has 2 aromatic rings. The highest BCUT2D eigenvalue weighted by Crippen LogP contribution is 2.26. The Morgan fingerprint density at radius 1 is 1.00 bits per heavy atom. The van der Waals surface area contributed by atoms with Gasteiger partial charge in [0.05, 0.1) is 0 Å². The molecule has 0 fully saturated rings. The van der Waals surface area contributed by atoms with E-state index in [9.17, 15) is 0 Å². The molecule has 0 spiro atoms. The van der Waals surface area contributed by atoms with Crippen LogP contribution in [0.15, 0.2) is 60.7 Å². The van der Waals surface area contributed by atoms with Crippen molar-refractivity contribution < 1.29 is 0 Å². The lowest BCUT2D eigenvalue weighted by atomic mass is 9.97. The first-order valence-corrected chi connectivity index (χ1v) is 7.21. The molecule has 0 aliphatic carbocycles. The van der Waals surface area contributed by atoms with Crippen molar-refractivity contribution in [3.8, 4) is 0 Å². The van der Waals surface area contributed by atoms with Crippen molar-refractivity contribution in [2.45, 2.75) is 6.42 Å². The molecule has 0 aliphatic heterocycles. The van der Waals surface area contributed by atoms with Crippen LogP contribution in [0.25, 0.3) is 5.57 Å². The summed E-state index contributed by atoms with van der Waals surface area (Å²) in [5.74, 6) is 0. The number of halogens is 2. The average Bonchev–Trinajstić information content (AvgIpc) is 2.44. The van der Waals surface area contributed by atoms with E-state index < -0.39 is 0 Å². The Hall–Kier alpha value is -1.28. The van der Waals surface area contributed by atoms with Crippen LogP contribution in [0.1, 0.15) is 17.5 Å². The van der Waals surface area contributed by atoms with Gasteiger partial charge in [0.25, 0.3) is 0 Å². The number of hydrogen-bond acceptors (Lipinski definition) is 1. The topological polar surface area (TPSA) is 3.24 Å². The van der Waals surface area contributed by atoms with Gasteiger partial charge in [-0.25, -0.2) is 0 Å². The first-order valence-electron chi connectivity index (χ1n) is 6.83. The molecule has 3 heteroatoms. The fourth-order valence-electron chi connectivity index (χ4n) is 2.14. The van der Waals surface area contributed by atoms with Gasteiger partial charge in [-0.2, -0.15) is 0 Å². The van der Waals surface area contributed by atoms with E-state index in [1.54, 1.807) is 0 Å². The fraction of sp³-hybridized carbons (Fsp3) is 0.222. The third-order valence-electron chi connectivity index (χ3n) is 3.15. The van der Waals surface area contributed by atoms with Gasteiger partial charge in [0.1, 0.15) is 0 Å². The van der Waals surface area contributed by atoms with Crippen LogP contribution in [0, 0.1) is 0 Å². The van der Waals surface area contributed by atoms with Crippen molar-refractivity contribution in [3.05, 3.63) is 76.8 Å². The summed E-state index contributed by atoms with van der Waals surface area (Å²) < 4.78 is 0. The second kappa shape index (κ2) is 8.89. The zero-order valence-corrected chi connectivity index (χ0v) is 14.0. The maximum atomic E-state index is 6.13. The summed E-state index contributed by atoms with van der Waals surface area (Å²) in [6, 6.07) is 18.5. The molecule has 2 rings (SSSR count). The second-order valence-electron chi connectivity index (χ2n) is 5.09. The zero-order valence-electron chi connectivity index (χ0n) is 12.4. The first kappa shape index (κ1) is 17.8. The van der Waals surface area contributed by atoms with E-state index in [1.165, 1.54) is 16.7 Å². The third kappa shape index (κ3) is 5.55. The van der Waals surface area contributed by atoms with Gasteiger partial charge in [-0.3, -0.25) is 0 Å². The normalized spacial score (nSPS) is 11.3. The van der Waals surface area contributed by atoms with Crippen LogP contribution >= 0.6 is 24.0 Å². The average molecular weight is 322 g/mol. The molecule has 0 aliphatic rings. The van der Waals surface area contributed by atoms with E-state index in [2.05, 4.69) is 55.4 Å². The molecule has 112 valence electrons. The number of rotatable bonds is 5. The number of nitrogens with zero attached hydrogens (tertiary/aromatic N) is 1. The summed E-state index contributed by atoms with van der Waals surface area (Å²) in [6.45, 7) is 1.04. The standard InChI is InChI=1S/C18H20ClN.ClH/c1-20(2)13-7-12-18(15-8-4-3-5-9-15)16-10-6-11-17(19)14-16;/h3-6,8-12,14H,7,13H2,1-2H3;1H. The van der Waals surface area contributed by atoms with E-state index in [-0.39, 0.29) is 12.4 Å². The predicted octanol–water partition coefficient (Wildman–Crippen LogP) is 5.15. The van der Waals surface area contributed by atoms with Gasteiger partial charge in [0.15, 0.2) is 0 Å². The van der Waals surface area contributed by atoms with Crippen LogP contribution in [-0.2, 0) is 0 Å². The SMILES string of the molecule is CN(C)CCC=C(c1ccccc1)c1cccc(Cl)c1.Cl. The van der Waals surface area contributed by atoms with Gasteiger partial charge in [-0.1, -0.05) is 60.1 Å². The number of hydrogen-bond donors (Lipinski definition) is 0. The van der Waals surface area contributed by atoms with Gasteiger partial charge in [0.2, 0.25) is 0 Å². The summed E-state index contributed by atoms with van der Waals surface area (Å²) >= 11 is 6.13. The molecule has 21 heavy (non-hydrogen) atoms. The molecular formula is C18H21Cl2N. The van der Waals surface area contributed by atoms with Crippen LogP contribution in [0.5, 0.6) is 0 Å². The van der Waals surface area contributed by atoms with E-state index in [4.69, 9.17) is 11.6 Å². The summed E-state index contributed by atoms with van der Waals surface area (Å²) in [6.07, 6.45) is 3.31. The molecular weight excluding hydrogens is 301 g/mol. The van der Waals surface area contributed by atoms with Gasteiger partial charge in [0, 0.05) is 11.6 Å². The second-order valence-corrected chi connectivity index (χ2v) is 5.52. The molecule has 0 saturated carbocycles. The van der Waals surface area contributed by atoms with Crippen LogP contribution in [0.4, 0.5) is 0 Å². The van der Waals surface area contributed by atoms with Crippen molar-refractivity contribution in [3.63, 3.8) is 0 Å². The van der Waals surface area contributed by atoms with Crippen LogP contribution in [-0.4, -0.2) is 25.5 Å². The van der Waals surface area contributed by atoms with Crippen LogP contribution < -0.4 is 0 Å². The number of benzene rings is 2. The molecule has 0 atom stereocenters. The maximum absolute atomic E-state index is 6.13. The fourth-order valence-corrected chi connectivity index (χ4v) is 2.33. The Balaban J connectivity index is 0.00000220. The molecule has 0 radical (unpaired) electrons. The van der Waals surface area contributed by atoms with Crippen molar-refractivity contribution in [2.24, 2.45) is 0 Å². The third-order valence-corrected chi connectivity index (χ3v) is 3.38. The van der Waals surface area contributed by atoms with E-state index in [1.807, 2.05) is 24.3 Å². The van der Waals surface area contributed by atoms with Gasteiger partial charge < -0.3 is 4.90 Å². The maximum Gasteiger partial charge on any atom is 0.0412 e. The highest BCUT2D eigenvalue weighted by atomic mass is 35.5. The molecule has 0 saturated heterocycles.